The molecule has 2 amide bonds. The number of carbonyl (C=O) groups excluding carboxylic acids is 2. The van der Waals surface area contributed by atoms with Gasteiger partial charge in [0.1, 0.15) is 0 Å². The van der Waals surface area contributed by atoms with Crippen LogP contribution in [0, 0.1) is 12.8 Å². The molecular formula is C16H23N3O2. The van der Waals surface area contributed by atoms with Crippen LogP contribution < -0.4 is 11.1 Å². The fourth-order valence-electron chi connectivity index (χ4n) is 2.75. The van der Waals surface area contributed by atoms with Gasteiger partial charge >= 0.3 is 0 Å². The molecule has 0 atom stereocenters. The number of anilines is 1. The van der Waals surface area contributed by atoms with Gasteiger partial charge in [-0.25, -0.2) is 0 Å². The monoisotopic (exact) mass is 289 g/mol. The Balaban J connectivity index is 1.92. The Morgan fingerprint density at radius 1 is 1.29 bits per heavy atom. The smallest absolute Gasteiger partial charge is 0.253 e. The molecule has 5 heteroatoms. The summed E-state index contributed by atoms with van der Waals surface area (Å²) in [6.07, 6.45) is 1.85. The first-order valence-corrected chi connectivity index (χ1v) is 7.36. The van der Waals surface area contributed by atoms with E-state index in [0.717, 1.165) is 31.5 Å². The molecule has 1 heterocycles. The van der Waals surface area contributed by atoms with E-state index in [1.165, 1.54) is 6.92 Å². The third-order valence-electron chi connectivity index (χ3n) is 3.89. The molecule has 0 saturated carbocycles. The molecule has 21 heavy (non-hydrogen) atoms. The molecule has 0 radical (unpaired) electrons. The van der Waals surface area contributed by atoms with Gasteiger partial charge in [-0.1, -0.05) is 0 Å². The number of nitrogen functional groups attached to an aromatic ring is 1. The molecule has 0 spiro atoms. The number of carbonyl (C=O) groups is 2. The number of hydrogen-bond donors (Lipinski definition) is 2. The van der Waals surface area contributed by atoms with Gasteiger partial charge in [-0.15, -0.1) is 0 Å². The first kappa shape index (κ1) is 15.4. The Morgan fingerprint density at radius 3 is 2.52 bits per heavy atom. The van der Waals surface area contributed by atoms with E-state index in [1.54, 1.807) is 6.07 Å². The van der Waals surface area contributed by atoms with Gasteiger partial charge in [0.2, 0.25) is 5.91 Å². The molecule has 1 aromatic rings. The lowest BCUT2D eigenvalue weighted by Crippen LogP contribution is -2.41. The number of nitrogens with zero attached hydrogens (tertiary/aromatic N) is 1. The van der Waals surface area contributed by atoms with Crippen molar-refractivity contribution in [1.82, 2.24) is 10.2 Å². The second-order valence-electron chi connectivity index (χ2n) is 5.81. The predicted molar refractivity (Wildman–Crippen MR) is 82.9 cm³/mol. The zero-order valence-electron chi connectivity index (χ0n) is 12.7. The van der Waals surface area contributed by atoms with Crippen molar-refractivity contribution >= 4 is 17.5 Å². The minimum atomic E-state index is 0.00346. The number of piperidine rings is 1. The zero-order chi connectivity index (χ0) is 15.4. The third-order valence-corrected chi connectivity index (χ3v) is 3.89. The van der Waals surface area contributed by atoms with E-state index < -0.39 is 0 Å². The van der Waals surface area contributed by atoms with Crippen molar-refractivity contribution < 1.29 is 9.59 Å². The Labute approximate surface area is 125 Å². The molecule has 1 aromatic carbocycles. The van der Waals surface area contributed by atoms with Gasteiger partial charge in [0.25, 0.3) is 5.91 Å². The summed E-state index contributed by atoms with van der Waals surface area (Å²) in [5.74, 6) is 0.507. The molecule has 0 aromatic heterocycles. The van der Waals surface area contributed by atoms with E-state index in [1.807, 2.05) is 24.0 Å². The van der Waals surface area contributed by atoms with Gasteiger partial charge < -0.3 is 16.0 Å². The molecular weight excluding hydrogens is 266 g/mol. The molecule has 1 fully saturated rings. The van der Waals surface area contributed by atoms with Crippen molar-refractivity contribution in [3.05, 3.63) is 29.3 Å². The standard InChI is InChI=1S/C16H23N3O2/c1-11-7-14(9-15(17)8-11)16(21)19-5-3-13(4-6-19)10-18-12(2)20/h7-9,13H,3-6,10,17H2,1-2H3,(H,18,20). The van der Waals surface area contributed by atoms with E-state index in [9.17, 15) is 9.59 Å². The largest absolute Gasteiger partial charge is 0.399 e. The number of rotatable bonds is 3. The molecule has 0 bridgehead atoms. The van der Waals surface area contributed by atoms with E-state index in [4.69, 9.17) is 5.73 Å². The molecule has 0 aliphatic carbocycles. The average Bonchev–Trinajstić information content (AvgIpc) is 2.44. The first-order valence-electron chi connectivity index (χ1n) is 7.36. The van der Waals surface area contributed by atoms with Crippen molar-refractivity contribution in [3.8, 4) is 0 Å². The van der Waals surface area contributed by atoms with Crippen LogP contribution in [0.15, 0.2) is 18.2 Å². The van der Waals surface area contributed by atoms with Gasteiger partial charge in [0.15, 0.2) is 0 Å². The highest BCUT2D eigenvalue weighted by Crippen LogP contribution is 2.20. The lowest BCUT2D eigenvalue weighted by Gasteiger charge is -2.32. The fraction of sp³-hybridized carbons (Fsp3) is 0.500. The summed E-state index contributed by atoms with van der Waals surface area (Å²) in [5, 5.41) is 2.85. The van der Waals surface area contributed by atoms with Crippen molar-refractivity contribution in [2.75, 3.05) is 25.4 Å². The quantitative estimate of drug-likeness (QED) is 0.829. The van der Waals surface area contributed by atoms with Crippen LogP contribution in [0.3, 0.4) is 0 Å². The van der Waals surface area contributed by atoms with Crippen LogP contribution in [0.25, 0.3) is 0 Å². The molecule has 1 aliphatic rings. The Morgan fingerprint density at radius 2 is 1.95 bits per heavy atom. The Hall–Kier alpha value is -2.04. The molecule has 1 aliphatic heterocycles. The van der Waals surface area contributed by atoms with Crippen LogP contribution in [0.2, 0.25) is 0 Å². The number of benzene rings is 1. The van der Waals surface area contributed by atoms with Crippen LogP contribution in [0.4, 0.5) is 5.69 Å². The number of aryl methyl sites for hydroxylation is 1. The van der Waals surface area contributed by atoms with E-state index in [-0.39, 0.29) is 11.8 Å². The maximum Gasteiger partial charge on any atom is 0.253 e. The van der Waals surface area contributed by atoms with Crippen LogP contribution in [0.1, 0.15) is 35.7 Å². The summed E-state index contributed by atoms with van der Waals surface area (Å²) in [6, 6.07) is 5.47. The summed E-state index contributed by atoms with van der Waals surface area (Å²) in [4.78, 5) is 25.3. The molecule has 2 rings (SSSR count). The highest BCUT2D eigenvalue weighted by atomic mass is 16.2. The van der Waals surface area contributed by atoms with Crippen LogP contribution in [0.5, 0.6) is 0 Å². The first-order chi connectivity index (χ1) is 9.95. The fourth-order valence-corrected chi connectivity index (χ4v) is 2.75. The molecule has 0 unspecified atom stereocenters. The second kappa shape index (κ2) is 6.61. The van der Waals surface area contributed by atoms with Crippen LogP contribution in [-0.4, -0.2) is 36.3 Å². The van der Waals surface area contributed by atoms with Crippen molar-refractivity contribution in [2.45, 2.75) is 26.7 Å². The highest BCUT2D eigenvalue weighted by molar-refractivity contribution is 5.95. The minimum Gasteiger partial charge on any atom is -0.399 e. The maximum absolute atomic E-state index is 12.5. The Bertz CT molecular complexity index is 514. The third kappa shape index (κ3) is 4.21. The van der Waals surface area contributed by atoms with Crippen molar-refractivity contribution in [2.24, 2.45) is 5.92 Å². The number of hydrogen-bond acceptors (Lipinski definition) is 3. The minimum absolute atomic E-state index is 0.00346. The SMILES string of the molecule is CC(=O)NCC1CCN(C(=O)c2cc(C)cc(N)c2)CC1. The van der Waals surface area contributed by atoms with Crippen molar-refractivity contribution in [3.63, 3.8) is 0 Å². The summed E-state index contributed by atoms with van der Waals surface area (Å²) in [7, 11) is 0. The predicted octanol–water partition coefficient (Wildman–Crippen LogP) is 1.57. The van der Waals surface area contributed by atoms with E-state index >= 15 is 0 Å². The van der Waals surface area contributed by atoms with Crippen molar-refractivity contribution in [1.29, 1.82) is 0 Å². The summed E-state index contributed by atoms with van der Waals surface area (Å²) >= 11 is 0. The summed E-state index contributed by atoms with van der Waals surface area (Å²) in [6.45, 7) is 5.64. The van der Waals surface area contributed by atoms with Gasteiger partial charge in [-0.3, -0.25) is 9.59 Å². The van der Waals surface area contributed by atoms with Crippen LogP contribution in [-0.2, 0) is 4.79 Å². The normalized spacial score (nSPS) is 15.8. The topological polar surface area (TPSA) is 75.4 Å². The number of likely N-dealkylation sites (tertiary alicyclic amines) is 1. The number of nitrogens with one attached hydrogen (secondary N) is 1. The van der Waals surface area contributed by atoms with Gasteiger partial charge in [0.05, 0.1) is 0 Å². The summed E-state index contributed by atoms with van der Waals surface area (Å²) in [5.41, 5.74) is 8.09. The molecule has 5 nitrogen and oxygen atoms in total. The second-order valence-corrected chi connectivity index (χ2v) is 5.81. The van der Waals surface area contributed by atoms with Crippen LogP contribution >= 0.6 is 0 Å². The summed E-state index contributed by atoms with van der Waals surface area (Å²) < 4.78 is 0. The lowest BCUT2D eigenvalue weighted by atomic mass is 9.96. The zero-order valence-corrected chi connectivity index (χ0v) is 12.7. The van der Waals surface area contributed by atoms with E-state index in [2.05, 4.69) is 5.32 Å². The maximum atomic E-state index is 12.5. The number of amides is 2. The van der Waals surface area contributed by atoms with Gasteiger partial charge in [-0.2, -0.15) is 0 Å². The van der Waals surface area contributed by atoms with Gasteiger partial charge in [0, 0.05) is 37.8 Å². The average molecular weight is 289 g/mol. The van der Waals surface area contributed by atoms with E-state index in [0.29, 0.717) is 23.7 Å². The molecule has 3 N–H and O–H groups in total. The lowest BCUT2D eigenvalue weighted by molar-refractivity contribution is -0.119. The Kier molecular flexibility index (Phi) is 4.83. The molecule has 114 valence electrons. The number of nitrogens with two attached hydrogens (primary N) is 1. The molecule has 1 saturated heterocycles. The highest BCUT2D eigenvalue weighted by Gasteiger charge is 2.23. The van der Waals surface area contributed by atoms with Gasteiger partial charge in [-0.05, 0) is 49.4 Å².